The molecule has 0 aliphatic carbocycles. The zero-order valence-corrected chi connectivity index (χ0v) is 10.7. The molecule has 5 nitrogen and oxygen atoms in total. The fraction of sp³-hybridized carbons (Fsp3) is 0.214. The molecule has 0 unspecified atom stereocenters. The fourth-order valence-corrected chi connectivity index (χ4v) is 1.63. The van der Waals surface area contributed by atoms with Crippen LogP contribution in [0.25, 0.3) is 11.5 Å². The molecule has 96 valence electrons. The number of nitriles is 1. The molecule has 0 atom stereocenters. The molecule has 1 N–H and O–H groups in total. The summed E-state index contributed by atoms with van der Waals surface area (Å²) >= 11 is 0. The second-order valence-electron chi connectivity index (χ2n) is 4.09. The highest BCUT2D eigenvalue weighted by atomic mass is 16.4. The predicted molar refractivity (Wildman–Crippen MR) is 70.3 cm³/mol. The number of hydrogen-bond acceptors (Lipinski definition) is 4. The normalized spacial score (nSPS) is 9.95. The Morgan fingerprint density at radius 2 is 2.16 bits per heavy atom. The summed E-state index contributed by atoms with van der Waals surface area (Å²) in [7, 11) is 0. The molecule has 1 aromatic carbocycles. The average molecular weight is 255 g/mol. The van der Waals surface area contributed by atoms with Gasteiger partial charge in [-0.05, 0) is 26.0 Å². The van der Waals surface area contributed by atoms with Crippen molar-refractivity contribution in [1.82, 2.24) is 4.98 Å². The van der Waals surface area contributed by atoms with Crippen LogP contribution >= 0.6 is 0 Å². The second kappa shape index (κ2) is 5.36. The van der Waals surface area contributed by atoms with Gasteiger partial charge in [0.25, 0.3) is 0 Å². The molecule has 0 fully saturated rings. The molecule has 5 heteroatoms. The third-order valence-electron chi connectivity index (χ3n) is 2.70. The van der Waals surface area contributed by atoms with E-state index >= 15 is 0 Å². The van der Waals surface area contributed by atoms with Crippen LogP contribution in [0.1, 0.15) is 17.9 Å². The number of rotatable bonds is 3. The molecule has 1 heterocycles. The highest BCUT2D eigenvalue weighted by Gasteiger charge is 2.13. The average Bonchev–Trinajstić information content (AvgIpc) is 2.70. The number of aromatic nitrogens is 1. The summed E-state index contributed by atoms with van der Waals surface area (Å²) in [5, 5.41) is 11.2. The third-order valence-corrected chi connectivity index (χ3v) is 2.70. The van der Waals surface area contributed by atoms with Gasteiger partial charge >= 0.3 is 0 Å². The number of aryl methyl sites for hydroxylation is 2. The highest BCUT2D eigenvalue weighted by molar-refractivity contribution is 5.95. The molecular formula is C14H13N3O2. The van der Waals surface area contributed by atoms with Gasteiger partial charge in [-0.15, -0.1) is 0 Å². The molecule has 0 radical (unpaired) electrons. The topological polar surface area (TPSA) is 78.9 Å². The molecule has 0 aliphatic rings. The minimum absolute atomic E-state index is 0.183. The quantitative estimate of drug-likeness (QED) is 0.914. The Bertz CT molecular complexity index is 633. The van der Waals surface area contributed by atoms with Gasteiger partial charge in [0, 0.05) is 0 Å². The zero-order chi connectivity index (χ0) is 13.8. The number of nitrogens with one attached hydrogen (secondary N) is 1. The van der Waals surface area contributed by atoms with E-state index in [-0.39, 0.29) is 12.3 Å². The number of oxazole rings is 1. The largest absolute Gasteiger partial charge is 0.441 e. The Balaban J connectivity index is 2.36. The van der Waals surface area contributed by atoms with Crippen molar-refractivity contribution < 1.29 is 9.21 Å². The van der Waals surface area contributed by atoms with E-state index < -0.39 is 0 Å². The van der Waals surface area contributed by atoms with Crippen molar-refractivity contribution in [1.29, 1.82) is 5.26 Å². The van der Waals surface area contributed by atoms with E-state index in [1.54, 1.807) is 12.1 Å². The Morgan fingerprint density at radius 3 is 2.79 bits per heavy atom. The predicted octanol–water partition coefficient (Wildman–Crippen LogP) is 2.81. The molecule has 2 rings (SSSR count). The number of para-hydroxylation sites is 1. The first-order valence-electron chi connectivity index (χ1n) is 5.82. The van der Waals surface area contributed by atoms with Gasteiger partial charge in [0.1, 0.15) is 12.2 Å². The lowest BCUT2D eigenvalue weighted by Gasteiger charge is -2.06. The first kappa shape index (κ1) is 12.8. The second-order valence-corrected chi connectivity index (χ2v) is 4.09. The van der Waals surface area contributed by atoms with Crippen LogP contribution in [-0.4, -0.2) is 10.9 Å². The molecule has 1 aromatic heterocycles. The first-order chi connectivity index (χ1) is 9.11. The van der Waals surface area contributed by atoms with Gasteiger partial charge in [0.05, 0.1) is 23.0 Å². The van der Waals surface area contributed by atoms with Gasteiger partial charge in [-0.25, -0.2) is 4.98 Å². The number of anilines is 1. The van der Waals surface area contributed by atoms with E-state index in [2.05, 4.69) is 10.3 Å². The lowest BCUT2D eigenvalue weighted by molar-refractivity contribution is -0.115. The Hall–Kier alpha value is -2.61. The van der Waals surface area contributed by atoms with Gasteiger partial charge in [0.2, 0.25) is 11.8 Å². The van der Waals surface area contributed by atoms with Crippen LogP contribution in [-0.2, 0) is 4.79 Å². The number of carbonyl (C=O) groups is 1. The molecule has 0 saturated heterocycles. The summed E-state index contributed by atoms with van der Waals surface area (Å²) in [5.74, 6) is 0.853. The maximum atomic E-state index is 11.5. The summed E-state index contributed by atoms with van der Waals surface area (Å²) in [6, 6.07) is 9.01. The molecule has 0 aliphatic heterocycles. The van der Waals surface area contributed by atoms with E-state index in [1.807, 2.05) is 32.0 Å². The van der Waals surface area contributed by atoms with Gasteiger partial charge in [0.15, 0.2) is 0 Å². The third kappa shape index (κ3) is 2.80. The SMILES string of the molecule is Cc1nc(-c2ccccc2NC(=O)CC#N)oc1C. The zero-order valence-electron chi connectivity index (χ0n) is 10.7. The number of hydrogen-bond donors (Lipinski definition) is 1. The summed E-state index contributed by atoms with van der Waals surface area (Å²) in [5.41, 5.74) is 2.10. The molecule has 0 bridgehead atoms. The summed E-state index contributed by atoms with van der Waals surface area (Å²) in [6.07, 6.45) is -0.183. The van der Waals surface area contributed by atoms with Crippen LogP contribution in [0.4, 0.5) is 5.69 Å². The van der Waals surface area contributed by atoms with Crippen molar-refractivity contribution in [2.24, 2.45) is 0 Å². The van der Waals surface area contributed by atoms with E-state index in [0.717, 1.165) is 11.5 Å². The molecule has 1 amide bonds. The number of benzene rings is 1. The van der Waals surface area contributed by atoms with Gasteiger partial charge < -0.3 is 9.73 Å². The van der Waals surface area contributed by atoms with Crippen molar-refractivity contribution in [3.63, 3.8) is 0 Å². The minimum Gasteiger partial charge on any atom is -0.441 e. The maximum absolute atomic E-state index is 11.5. The van der Waals surface area contributed by atoms with Crippen LogP contribution in [0.5, 0.6) is 0 Å². The van der Waals surface area contributed by atoms with Gasteiger partial charge in [-0.2, -0.15) is 5.26 Å². The Kier molecular flexibility index (Phi) is 3.62. The molecule has 2 aromatic rings. The number of nitrogens with zero attached hydrogens (tertiary/aromatic N) is 2. The van der Waals surface area contributed by atoms with E-state index in [0.29, 0.717) is 17.1 Å². The first-order valence-corrected chi connectivity index (χ1v) is 5.82. The number of carbonyl (C=O) groups excluding carboxylic acids is 1. The van der Waals surface area contributed by atoms with Gasteiger partial charge in [-0.1, -0.05) is 12.1 Å². The fourth-order valence-electron chi connectivity index (χ4n) is 1.63. The van der Waals surface area contributed by atoms with Crippen LogP contribution < -0.4 is 5.32 Å². The van der Waals surface area contributed by atoms with Crippen molar-refractivity contribution in [3.05, 3.63) is 35.7 Å². The summed E-state index contributed by atoms with van der Waals surface area (Å²) < 4.78 is 5.56. The summed E-state index contributed by atoms with van der Waals surface area (Å²) in [6.45, 7) is 3.70. The van der Waals surface area contributed by atoms with Gasteiger partial charge in [-0.3, -0.25) is 4.79 Å². The Labute approximate surface area is 110 Å². The smallest absolute Gasteiger partial charge is 0.238 e. The molecule has 0 saturated carbocycles. The maximum Gasteiger partial charge on any atom is 0.238 e. The monoisotopic (exact) mass is 255 g/mol. The standard InChI is InChI=1S/C14H13N3O2/c1-9-10(2)19-14(16-9)11-5-3-4-6-12(11)17-13(18)7-8-15/h3-6H,7H2,1-2H3,(H,17,18). The van der Waals surface area contributed by atoms with Crippen molar-refractivity contribution in [3.8, 4) is 17.5 Å². The van der Waals surface area contributed by atoms with Crippen LogP contribution in [0.2, 0.25) is 0 Å². The van der Waals surface area contributed by atoms with Crippen molar-refractivity contribution in [2.45, 2.75) is 20.3 Å². The van der Waals surface area contributed by atoms with Crippen LogP contribution in [0.3, 0.4) is 0 Å². The van der Waals surface area contributed by atoms with E-state index in [4.69, 9.17) is 9.68 Å². The van der Waals surface area contributed by atoms with Crippen LogP contribution in [0, 0.1) is 25.2 Å². The molecule has 19 heavy (non-hydrogen) atoms. The van der Waals surface area contributed by atoms with E-state index in [9.17, 15) is 4.79 Å². The van der Waals surface area contributed by atoms with E-state index in [1.165, 1.54) is 0 Å². The molecular weight excluding hydrogens is 242 g/mol. The lowest BCUT2D eigenvalue weighted by Crippen LogP contribution is -2.10. The minimum atomic E-state index is -0.352. The van der Waals surface area contributed by atoms with Crippen molar-refractivity contribution >= 4 is 11.6 Å². The van der Waals surface area contributed by atoms with Crippen molar-refractivity contribution in [2.75, 3.05) is 5.32 Å². The van der Waals surface area contributed by atoms with Crippen LogP contribution in [0.15, 0.2) is 28.7 Å². The molecule has 0 spiro atoms. The number of amides is 1. The Morgan fingerprint density at radius 1 is 1.42 bits per heavy atom. The lowest BCUT2D eigenvalue weighted by atomic mass is 10.1. The summed E-state index contributed by atoms with van der Waals surface area (Å²) in [4.78, 5) is 15.8. The highest BCUT2D eigenvalue weighted by Crippen LogP contribution is 2.28.